The van der Waals surface area contributed by atoms with Crippen LogP contribution in [0.2, 0.25) is 0 Å². The molecule has 90 valence electrons. The first-order chi connectivity index (χ1) is 7.42. The van der Waals surface area contributed by atoms with Crippen LogP contribution in [0.25, 0.3) is 0 Å². The maximum absolute atomic E-state index is 11.5. The summed E-state index contributed by atoms with van der Waals surface area (Å²) in [6, 6.07) is 0. The Kier molecular flexibility index (Phi) is 5.84. The lowest BCUT2D eigenvalue weighted by molar-refractivity contribution is -0.137. The molecule has 0 fully saturated rings. The van der Waals surface area contributed by atoms with Gasteiger partial charge in [0.05, 0.1) is 12.0 Å². The molecule has 0 aromatic heterocycles. The molecule has 0 atom stereocenters. The maximum atomic E-state index is 11.5. The summed E-state index contributed by atoms with van der Waals surface area (Å²) >= 11 is 0. The lowest BCUT2D eigenvalue weighted by Gasteiger charge is -2.18. The van der Waals surface area contributed by atoms with Gasteiger partial charge in [-0.1, -0.05) is 0 Å². The van der Waals surface area contributed by atoms with Crippen LogP contribution in [0.5, 0.6) is 0 Å². The molecule has 2 N–H and O–H groups in total. The number of hydrogen-bond donors (Lipinski definition) is 2. The van der Waals surface area contributed by atoms with E-state index in [1.165, 1.54) is 4.90 Å². The number of hydrogen-bond acceptors (Lipinski definition) is 3. The van der Waals surface area contributed by atoms with Crippen molar-refractivity contribution in [3.8, 4) is 0 Å². The normalized spacial score (nSPS) is 11.0. The van der Waals surface area contributed by atoms with Crippen LogP contribution in [0.4, 0.5) is 0 Å². The van der Waals surface area contributed by atoms with Crippen LogP contribution in [0, 0.1) is 0 Å². The maximum Gasteiger partial charge on any atom is 0.332 e. The van der Waals surface area contributed by atoms with E-state index in [9.17, 15) is 14.4 Å². The van der Waals surface area contributed by atoms with Crippen molar-refractivity contribution in [2.75, 3.05) is 13.1 Å². The molecule has 0 spiro atoms. The summed E-state index contributed by atoms with van der Waals surface area (Å²) in [7, 11) is 0. The van der Waals surface area contributed by atoms with E-state index in [1.54, 1.807) is 13.8 Å². The molecule has 0 aromatic rings. The second kappa shape index (κ2) is 6.60. The molecule has 0 unspecified atom stereocenters. The lowest BCUT2D eigenvalue weighted by Crippen LogP contribution is -2.31. The smallest absolute Gasteiger partial charge is 0.332 e. The van der Waals surface area contributed by atoms with E-state index in [2.05, 4.69) is 0 Å². The summed E-state index contributed by atoms with van der Waals surface area (Å²) in [5.74, 6) is -3.15. The number of amides is 1. The third-order valence-corrected chi connectivity index (χ3v) is 2.03. The Labute approximate surface area is 93.2 Å². The zero-order chi connectivity index (χ0) is 12.7. The van der Waals surface area contributed by atoms with E-state index in [1.807, 2.05) is 0 Å². The number of rotatable bonds is 6. The molecule has 0 aromatic carbocycles. The van der Waals surface area contributed by atoms with Crippen molar-refractivity contribution in [3.05, 3.63) is 11.6 Å². The van der Waals surface area contributed by atoms with Gasteiger partial charge in [0.1, 0.15) is 0 Å². The molecule has 0 radical (unpaired) electrons. The zero-order valence-corrected chi connectivity index (χ0v) is 9.27. The van der Waals surface area contributed by atoms with Crippen LogP contribution in [-0.2, 0) is 14.4 Å². The predicted molar refractivity (Wildman–Crippen MR) is 55.9 cm³/mol. The van der Waals surface area contributed by atoms with Gasteiger partial charge in [0.25, 0.3) is 0 Å². The summed E-state index contributed by atoms with van der Waals surface area (Å²) in [6.45, 7) is 4.47. The molecular weight excluding hydrogens is 214 g/mol. The van der Waals surface area contributed by atoms with Gasteiger partial charge in [0, 0.05) is 19.2 Å². The van der Waals surface area contributed by atoms with Crippen molar-refractivity contribution in [2.24, 2.45) is 0 Å². The molecule has 0 rings (SSSR count). The minimum atomic E-state index is -1.39. The van der Waals surface area contributed by atoms with E-state index >= 15 is 0 Å². The Morgan fingerprint density at radius 1 is 1.12 bits per heavy atom. The number of nitrogens with zero attached hydrogens (tertiary/aromatic N) is 1. The van der Waals surface area contributed by atoms with Crippen molar-refractivity contribution in [3.63, 3.8) is 0 Å². The van der Waals surface area contributed by atoms with Gasteiger partial charge in [-0.05, 0) is 13.8 Å². The first kappa shape index (κ1) is 14.2. The van der Waals surface area contributed by atoms with Crippen LogP contribution in [0.1, 0.15) is 20.3 Å². The molecule has 0 bridgehead atoms. The highest BCUT2D eigenvalue weighted by molar-refractivity contribution is 5.99. The molecule has 16 heavy (non-hydrogen) atoms. The molecule has 0 saturated heterocycles. The number of carboxylic acid groups (broad SMARTS) is 2. The van der Waals surface area contributed by atoms with Gasteiger partial charge >= 0.3 is 11.9 Å². The van der Waals surface area contributed by atoms with Crippen LogP contribution in [0.3, 0.4) is 0 Å². The fourth-order valence-corrected chi connectivity index (χ4v) is 1.19. The minimum absolute atomic E-state index is 0.389. The summed E-state index contributed by atoms with van der Waals surface area (Å²) in [6.07, 6.45) is 0.146. The van der Waals surface area contributed by atoms with E-state index in [4.69, 9.17) is 10.2 Å². The van der Waals surface area contributed by atoms with Gasteiger partial charge < -0.3 is 15.1 Å². The Morgan fingerprint density at radius 2 is 1.62 bits per heavy atom. The average molecular weight is 229 g/mol. The SMILES string of the molecule is CCN(CC)C(=O)CC(=CC(=O)O)C(=O)O. The van der Waals surface area contributed by atoms with Crippen LogP contribution in [-0.4, -0.2) is 46.0 Å². The zero-order valence-electron chi connectivity index (χ0n) is 9.27. The summed E-state index contributed by atoms with van der Waals surface area (Å²) in [4.78, 5) is 34.0. The fraction of sp³-hybridized carbons (Fsp3) is 0.500. The third-order valence-electron chi connectivity index (χ3n) is 2.03. The monoisotopic (exact) mass is 229 g/mol. The van der Waals surface area contributed by atoms with Gasteiger partial charge in [-0.2, -0.15) is 0 Å². The van der Waals surface area contributed by atoms with Crippen molar-refractivity contribution in [1.82, 2.24) is 4.90 Å². The van der Waals surface area contributed by atoms with E-state index in [0.29, 0.717) is 19.2 Å². The predicted octanol–water partition coefficient (Wildman–Crippen LogP) is 0.340. The van der Waals surface area contributed by atoms with Gasteiger partial charge in [0.15, 0.2) is 0 Å². The molecule has 0 aliphatic carbocycles. The summed E-state index contributed by atoms with van der Waals surface area (Å²) in [5.41, 5.74) is -0.413. The van der Waals surface area contributed by atoms with Crippen molar-refractivity contribution < 1.29 is 24.6 Å². The van der Waals surface area contributed by atoms with Crippen molar-refractivity contribution >= 4 is 17.8 Å². The topological polar surface area (TPSA) is 94.9 Å². The minimum Gasteiger partial charge on any atom is -0.478 e. The van der Waals surface area contributed by atoms with E-state index < -0.39 is 23.9 Å². The second-order valence-electron chi connectivity index (χ2n) is 3.06. The van der Waals surface area contributed by atoms with Crippen LogP contribution in [0.15, 0.2) is 11.6 Å². The van der Waals surface area contributed by atoms with Gasteiger partial charge in [-0.25, -0.2) is 9.59 Å². The molecule has 0 aliphatic heterocycles. The highest BCUT2D eigenvalue weighted by Crippen LogP contribution is 2.05. The second-order valence-corrected chi connectivity index (χ2v) is 3.06. The van der Waals surface area contributed by atoms with E-state index in [-0.39, 0.29) is 5.91 Å². The Balaban J connectivity index is 4.71. The molecule has 1 amide bonds. The third kappa shape index (κ3) is 4.59. The molecule has 6 nitrogen and oxygen atoms in total. The molecule has 0 heterocycles. The number of carbonyl (C=O) groups is 3. The van der Waals surface area contributed by atoms with Gasteiger partial charge in [-0.3, -0.25) is 4.79 Å². The molecule has 0 saturated carbocycles. The largest absolute Gasteiger partial charge is 0.478 e. The van der Waals surface area contributed by atoms with Crippen molar-refractivity contribution in [2.45, 2.75) is 20.3 Å². The quantitative estimate of drug-likeness (QED) is 0.640. The van der Waals surface area contributed by atoms with Gasteiger partial charge in [-0.15, -0.1) is 0 Å². The average Bonchev–Trinajstić information content (AvgIpc) is 2.17. The highest BCUT2D eigenvalue weighted by Gasteiger charge is 2.17. The molecule has 6 heteroatoms. The first-order valence-corrected chi connectivity index (χ1v) is 4.86. The summed E-state index contributed by atoms with van der Waals surface area (Å²) < 4.78 is 0. The van der Waals surface area contributed by atoms with Crippen LogP contribution < -0.4 is 0 Å². The molecule has 0 aliphatic rings. The Bertz CT molecular complexity index is 317. The number of carboxylic acids is 2. The van der Waals surface area contributed by atoms with Gasteiger partial charge in [0.2, 0.25) is 5.91 Å². The summed E-state index contributed by atoms with van der Waals surface area (Å²) in [5, 5.41) is 17.1. The van der Waals surface area contributed by atoms with Crippen LogP contribution >= 0.6 is 0 Å². The Morgan fingerprint density at radius 3 is 1.94 bits per heavy atom. The van der Waals surface area contributed by atoms with E-state index in [0.717, 1.165) is 0 Å². The number of carbonyl (C=O) groups excluding carboxylic acids is 1. The first-order valence-electron chi connectivity index (χ1n) is 4.86. The lowest BCUT2D eigenvalue weighted by atomic mass is 10.1. The fourth-order valence-electron chi connectivity index (χ4n) is 1.19. The number of aliphatic carboxylic acids is 2. The Hall–Kier alpha value is -1.85. The standard InChI is InChI=1S/C10H15NO5/c1-3-11(4-2)8(12)5-7(10(15)16)6-9(13)14/h6H,3-5H2,1-2H3,(H,13,14)(H,15,16). The van der Waals surface area contributed by atoms with Crippen molar-refractivity contribution in [1.29, 1.82) is 0 Å². The highest BCUT2D eigenvalue weighted by atomic mass is 16.4. The molecular formula is C10H15NO5.